The molecule has 0 bridgehead atoms. The Morgan fingerprint density at radius 3 is 2.46 bits per heavy atom. The molecule has 1 amide bonds. The van der Waals surface area contributed by atoms with Crippen LogP contribution in [0, 0.1) is 0 Å². The molecule has 3 aromatic rings. The minimum atomic E-state index is -0.156. The molecule has 0 radical (unpaired) electrons. The van der Waals surface area contributed by atoms with Crippen molar-refractivity contribution in [2.75, 3.05) is 19.0 Å². The summed E-state index contributed by atoms with van der Waals surface area (Å²) in [6.07, 6.45) is 0. The third-order valence-electron chi connectivity index (χ3n) is 3.91. The maximum atomic E-state index is 12.6. The molecule has 0 atom stereocenters. The number of hydrogen-bond acceptors (Lipinski definition) is 3. The minimum Gasteiger partial charge on any atom is -0.497 e. The molecule has 0 aliphatic rings. The van der Waals surface area contributed by atoms with Gasteiger partial charge in [-0.25, -0.2) is 0 Å². The van der Waals surface area contributed by atoms with Gasteiger partial charge < -0.3 is 19.4 Å². The van der Waals surface area contributed by atoms with Crippen LogP contribution in [0.2, 0.25) is 0 Å². The Labute approximate surface area is 140 Å². The molecule has 0 aliphatic heterocycles. The van der Waals surface area contributed by atoms with Crippen LogP contribution in [-0.2, 0) is 7.05 Å². The zero-order valence-electron chi connectivity index (χ0n) is 14.0. The molecule has 0 saturated carbocycles. The van der Waals surface area contributed by atoms with Gasteiger partial charge in [-0.2, -0.15) is 0 Å². The van der Waals surface area contributed by atoms with Gasteiger partial charge in [0, 0.05) is 23.6 Å². The maximum Gasteiger partial charge on any atom is 0.272 e. The van der Waals surface area contributed by atoms with Crippen LogP contribution in [0.15, 0.2) is 48.5 Å². The van der Waals surface area contributed by atoms with E-state index in [0.29, 0.717) is 12.3 Å². The van der Waals surface area contributed by atoms with Gasteiger partial charge in [-0.05, 0) is 55.5 Å². The Kier molecular flexibility index (Phi) is 4.42. The van der Waals surface area contributed by atoms with E-state index < -0.39 is 0 Å². The number of anilines is 1. The number of rotatable bonds is 5. The summed E-state index contributed by atoms with van der Waals surface area (Å²) in [6.45, 7) is 2.55. The largest absolute Gasteiger partial charge is 0.497 e. The van der Waals surface area contributed by atoms with Crippen LogP contribution in [0.1, 0.15) is 17.4 Å². The van der Waals surface area contributed by atoms with Crippen LogP contribution in [0.4, 0.5) is 5.69 Å². The van der Waals surface area contributed by atoms with Gasteiger partial charge >= 0.3 is 0 Å². The van der Waals surface area contributed by atoms with Crippen LogP contribution in [0.25, 0.3) is 10.9 Å². The summed E-state index contributed by atoms with van der Waals surface area (Å²) < 4.78 is 12.5. The highest BCUT2D eigenvalue weighted by atomic mass is 16.5. The molecule has 3 rings (SSSR count). The number of benzene rings is 2. The second kappa shape index (κ2) is 6.66. The van der Waals surface area contributed by atoms with E-state index in [0.717, 1.165) is 28.1 Å². The molecule has 24 heavy (non-hydrogen) atoms. The number of hydrogen-bond donors (Lipinski definition) is 1. The van der Waals surface area contributed by atoms with E-state index in [1.165, 1.54) is 0 Å². The van der Waals surface area contributed by atoms with Gasteiger partial charge in [0.05, 0.1) is 13.7 Å². The molecule has 0 saturated heterocycles. The fourth-order valence-electron chi connectivity index (χ4n) is 2.67. The fourth-order valence-corrected chi connectivity index (χ4v) is 2.67. The third kappa shape index (κ3) is 3.06. The van der Waals surface area contributed by atoms with Crippen LogP contribution >= 0.6 is 0 Å². The van der Waals surface area contributed by atoms with Crippen molar-refractivity contribution in [2.45, 2.75) is 6.92 Å². The third-order valence-corrected chi connectivity index (χ3v) is 3.91. The van der Waals surface area contributed by atoms with E-state index in [1.807, 2.05) is 67.1 Å². The van der Waals surface area contributed by atoms with Gasteiger partial charge in [0.15, 0.2) is 0 Å². The molecule has 1 N–H and O–H groups in total. The van der Waals surface area contributed by atoms with Crippen molar-refractivity contribution in [3.8, 4) is 11.5 Å². The molecule has 0 fully saturated rings. The van der Waals surface area contributed by atoms with Crippen molar-refractivity contribution in [2.24, 2.45) is 7.05 Å². The van der Waals surface area contributed by atoms with Crippen LogP contribution in [0.3, 0.4) is 0 Å². The van der Waals surface area contributed by atoms with Gasteiger partial charge in [0.2, 0.25) is 0 Å². The number of methoxy groups -OCH3 is 1. The number of carbonyl (C=O) groups excluding carboxylic acids is 1. The van der Waals surface area contributed by atoms with Gasteiger partial charge in [0.25, 0.3) is 5.91 Å². The van der Waals surface area contributed by atoms with Gasteiger partial charge in [-0.15, -0.1) is 0 Å². The Morgan fingerprint density at radius 2 is 1.79 bits per heavy atom. The molecule has 0 spiro atoms. The Balaban J connectivity index is 1.84. The molecular formula is C19H20N2O3. The van der Waals surface area contributed by atoms with Crippen LogP contribution in [0.5, 0.6) is 11.5 Å². The van der Waals surface area contributed by atoms with Gasteiger partial charge in [-0.3, -0.25) is 4.79 Å². The van der Waals surface area contributed by atoms with Crippen molar-refractivity contribution in [1.82, 2.24) is 4.57 Å². The lowest BCUT2D eigenvalue weighted by Crippen LogP contribution is -2.15. The van der Waals surface area contributed by atoms with Gasteiger partial charge in [0.1, 0.15) is 17.2 Å². The summed E-state index contributed by atoms with van der Waals surface area (Å²) in [5, 5.41) is 3.88. The number of nitrogens with one attached hydrogen (secondary N) is 1. The average molecular weight is 324 g/mol. The zero-order chi connectivity index (χ0) is 17.1. The van der Waals surface area contributed by atoms with Crippen molar-refractivity contribution < 1.29 is 14.3 Å². The number of aryl methyl sites for hydroxylation is 1. The first-order valence-electron chi connectivity index (χ1n) is 7.80. The first-order valence-corrected chi connectivity index (χ1v) is 7.80. The Morgan fingerprint density at radius 1 is 1.08 bits per heavy atom. The molecule has 1 aromatic heterocycles. The topological polar surface area (TPSA) is 52.5 Å². The van der Waals surface area contributed by atoms with E-state index in [4.69, 9.17) is 9.47 Å². The van der Waals surface area contributed by atoms with E-state index in [1.54, 1.807) is 7.11 Å². The van der Waals surface area contributed by atoms with Crippen LogP contribution in [-0.4, -0.2) is 24.2 Å². The average Bonchev–Trinajstić information content (AvgIpc) is 2.93. The number of aromatic nitrogens is 1. The Hall–Kier alpha value is -2.95. The predicted octanol–water partition coefficient (Wildman–Crippen LogP) is 3.84. The van der Waals surface area contributed by atoms with E-state index in [2.05, 4.69) is 5.32 Å². The quantitative estimate of drug-likeness (QED) is 0.776. The maximum absolute atomic E-state index is 12.6. The minimum absolute atomic E-state index is 0.156. The molecule has 5 heteroatoms. The first kappa shape index (κ1) is 15.9. The molecule has 0 aliphatic carbocycles. The summed E-state index contributed by atoms with van der Waals surface area (Å²) in [4.78, 5) is 12.6. The van der Waals surface area contributed by atoms with E-state index >= 15 is 0 Å². The van der Waals surface area contributed by atoms with E-state index in [-0.39, 0.29) is 5.91 Å². The normalized spacial score (nSPS) is 10.6. The van der Waals surface area contributed by atoms with Crippen LogP contribution < -0.4 is 14.8 Å². The van der Waals surface area contributed by atoms with Crippen molar-refractivity contribution in [1.29, 1.82) is 0 Å². The second-order valence-corrected chi connectivity index (χ2v) is 5.42. The smallest absolute Gasteiger partial charge is 0.272 e. The molecular weight excluding hydrogens is 304 g/mol. The summed E-state index contributed by atoms with van der Waals surface area (Å²) in [5.41, 5.74) is 2.30. The second-order valence-electron chi connectivity index (χ2n) is 5.42. The van der Waals surface area contributed by atoms with Crippen molar-refractivity contribution in [3.63, 3.8) is 0 Å². The van der Waals surface area contributed by atoms with Gasteiger partial charge in [-0.1, -0.05) is 0 Å². The molecule has 124 valence electrons. The molecule has 0 unspecified atom stereocenters. The summed E-state index contributed by atoms with van der Waals surface area (Å²) >= 11 is 0. The number of fused-ring (bicyclic) bond motifs is 1. The lowest BCUT2D eigenvalue weighted by molar-refractivity contribution is 0.101. The van der Waals surface area contributed by atoms with Crippen molar-refractivity contribution >= 4 is 22.5 Å². The summed E-state index contributed by atoms with van der Waals surface area (Å²) in [5.74, 6) is 1.40. The first-order chi connectivity index (χ1) is 11.6. The van der Waals surface area contributed by atoms with E-state index in [9.17, 15) is 4.79 Å². The monoisotopic (exact) mass is 324 g/mol. The predicted molar refractivity (Wildman–Crippen MR) is 95.0 cm³/mol. The molecule has 2 aromatic carbocycles. The highest BCUT2D eigenvalue weighted by molar-refractivity contribution is 6.06. The van der Waals surface area contributed by atoms with Crippen molar-refractivity contribution in [3.05, 3.63) is 54.2 Å². The SMILES string of the molecule is CCOc1ccc(NC(=O)c2cc3cc(OC)ccc3n2C)cc1. The highest BCUT2D eigenvalue weighted by Crippen LogP contribution is 2.24. The molecule has 1 heterocycles. The lowest BCUT2D eigenvalue weighted by Gasteiger charge is -2.08. The standard InChI is InChI=1S/C19H20N2O3/c1-4-24-15-7-5-14(6-8-15)20-19(22)18-12-13-11-16(23-3)9-10-17(13)21(18)2/h5-12H,4H2,1-3H3,(H,20,22). The fraction of sp³-hybridized carbons (Fsp3) is 0.211. The summed E-state index contributed by atoms with van der Waals surface area (Å²) in [7, 11) is 3.51. The highest BCUT2D eigenvalue weighted by Gasteiger charge is 2.14. The number of amides is 1. The Bertz CT molecular complexity index is 866. The number of carbonyl (C=O) groups is 1. The number of ether oxygens (including phenoxy) is 2. The molecule has 5 nitrogen and oxygen atoms in total. The lowest BCUT2D eigenvalue weighted by atomic mass is 10.2. The zero-order valence-corrected chi connectivity index (χ0v) is 14.0. The summed E-state index contributed by atoms with van der Waals surface area (Å²) in [6, 6.07) is 14.9. The number of nitrogens with zero attached hydrogens (tertiary/aromatic N) is 1.